The Morgan fingerprint density at radius 3 is 2.31 bits per heavy atom. The lowest BCUT2D eigenvalue weighted by molar-refractivity contribution is -0.235. The first-order chi connectivity index (χ1) is 27.4. The minimum Gasteiger partial charge on any atom is -0.460 e. The molecule has 1 aromatic carbocycles. The van der Waals surface area contributed by atoms with Crippen molar-refractivity contribution >= 4 is 35.8 Å². The molecule has 3 N–H and O–H groups in total. The summed E-state index contributed by atoms with van der Waals surface area (Å²) in [6.07, 6.45) is -1.77. The molecular weight excluding hydrogens is 771 g/mol. The van der Waals surface area contributed by atoms with E-state index in [-0.39, 0.29) is 50.6 Å². The summed E-state index contributed by atoms with van der Waals surface area (Å²) in [6, 6.07) is 4.71. The van der Waals surface area contributed by atoms with Crippen LogP contribution in [0.1, 0.15) is 83.3 Å². The van der Waals surface area contributed by atoms with Crippen molar-refractivity contribution in [2.45, 2.75) is 133 Å². The van der Waals surface area contributed by atoms with Gasteiger partial charge < -0.3 is 39.4 Å². The number of alkyl halides is 3. The van der Waals surface area contributed by atoms with Gasteiger partial charge >= 0.3 is 24.1 Å². The van der Waals surface area contributed by atoms with Gasteiger partial charge in [-0.05, 0) is 70.1 Å². The summed E-state index contributed by atoms with van der Waals surface area (Å²) in [5, 5.41) is 16.8. The van der Waals surface area contributed by atoms with Crippen LogP contribution < -0.4 is 10.6 Å². The topological polar surface area (TPSA) is 188 Å². The summed E-state index contributed by atoms with van der Waals surface area (Å²) < 4.78 is 66.3. The maximum Gasteiger partial charge on any atom is 0.422 e. The lowest BCUT2D eigenvalue weighted by Gasteiger charge is -2.48. The monoisotopic (exact) mass is 821 g/mol. The van der Waals surface area contributed by atoms with Gasteiger partial charge in [0.15, 0.2) is 18.4 Å². The van der Waals surface area contributed by atoms with Gasteiger partial charge in [-0.1, -0.05) is 24.3 Å². The summed E-state index contributed by atoms with van der Waals surface area (Å²) in [5.74, 6) is -3.74. The number of carbonyl (C=O) groups is 5. The molecule has 7 rings (SSSR count). The van der Waals surface area contributed by atoms with Crippen molar-refractivity contribution in [1.29, 1.82) is 0 Å². The smallest absolute Gasteiger partial charge is 0.422 e. The molecule has 6 fully saturated rings. The van der Waals surface area contributed by atoms with E-state index in [9.17, 15) is 42.3 Å². The second-order valence-electron chi connectivity index (χ2n) is 17.0. The summed E-state index contributed by atoms with van der Waals surface area (Å²) in [6.45, 7) is 3.04. The van der Waals surface area contributed by atoms with E-state index in [0.717, 1.165) is 31.8 Å². The number of benzene rings is 1. The minimum absolute atomic E-state index is 0.0126. The first-order valence-electron chi connectivity index (χ1n) is 19.8. The molecule has 3 aliphatic carbocycles. The van der Waals surface area contributed by atoms with E-state index in [0.29, 0.717) is 11.1 Å². The van der Waals surface area contributed by atoms with E-state index >= 15 is 0 Å². The fourth-order valence-electron chi connectivity index (χ4n) is 8.59. The molecule has 7 atom stereocenters. The van der Waals surface area contributed by atoms with Crippen LogP contribution in [0.5, 0.6) is 0 Å². The Morgan fingerprint density at radius 1 is 1.02 bits per heavy atom. The molecule has 3 heterocycles. The number of ether oxygens (including phenoxy) is 5. The van der Waals surface area contributed by atoms with Crippen LogP contribution in [0, 0.1) is 17.3 Å². The summed E-state index contributed by atoms with van der Waals surface area (Å²) in [7, 11) is 0. The first-order valence-corrected chi connectivity index (χ1v) is 19.8. The third-order valence-electron chi connectivity index (χ3n) is 11.4. The highest BCUT2D eigenvalue weighted by molar-refractivity contribution is 5.94. The Balaban J connectivity index is 1.05. The number of hydroxylamine groups is 2. The minimum atomic E-state index is -4.64. The van der Waals surface area contributed by atoms with E-state index < -0.39 is 102 Å². The summed E-state index contributed by atoms with van der Waals surface area (Å²) in [5.41, 5.74) is -1.01. The average Bonchev–Trinajstić information content (AvgIpc) is 4.10. The number of halogens is 3. The molecule has 0 spiro atoms. The van der Waals surface area contributed by atoms with Gasteiger partial charge in [0.25, 0.3) is 0 Å². The Labute approximate surface area is 333 Å². The zero-order chi connectivity index (χ0) is 41.6. The number of fused-ring (bicyclic) bond motifs is 4. The van der Waals surface area contributed by atoms with Gasteiger partial charge in [0, 0.05) is 43.7 Å². The van der Waals surface area contributed by atoms with Crippen molar-refractivity contribution in [1.82, 2.24) is 15.7 Å². The largest absolute Gasteiger partial charge is 0.460 e. The normalized spacial score (nSPS) is 29.4. The Bertz CT molecular complexity index is 1760. The van der Waals surface area contributed by atoms with Gasteiger partial charge in [-0.2, -0.15) is 18.2 Å². The standard InChI is InChI=1S/C40H50F3N3O12/c1-37(2,3)55-30(50)15-13-26(20-47)45-28(48)16-17-44-36(52)38-18-27-31-32(57-40(56-31,24-9-10-24)25-11-12-25)34(38)58-46(33(38)35(51)54-27)19-23-6-4-22(5-7-23)8-14-29(49)53-21-39(41,42)43/h4-8,14,24-27,31-34,47H,9-13,15-21H2,1-3H3,(H,44,52)(H,45,48). The highest BCUT2D eigenvalue weighted by atomic mass is 19.4. The maximum atomic E-state index is 14.5. The predicted molar refractivity (Wildman–Crippen MR) is 193 cm³/mol. The molecule has 3 saturated heterocycles. The van der Waals surface area contributed by atoms with E-state index in [2.05, 4.69) is 15.4 Å². The van der Waals surface area contributed by atoms with Gasteiger partial charge in [0.2, 0.25) is 11.8 Å². The summed E-state index contributed by atoms with van der Waals surface area (Å²) >= 11 is 0. The van der Waals surface area contributed by atoms with E-state index in [4.69, 9.17) is 23.8 Å². The number of amides is 2. The van der Waals surface area contributed by atoms with Crippen molar-refractivity contribution in [3.8, 4) is 0 Å². The quantitative estimate of drug-likeness (QED) is 0.126. The Kier molecular flexibility index (Phi) is 11.7. The molecular formula is C40H50F3N3O12. The molecule has 58 heavy (non-hydrogen) atoms. The maximum absolute atomic E-state index is 14.5. The second kappa shape index (κ2) is 16.2. The van der Waals surface area contributed by atoms with Crippen LogP contribution in [-0.4, -0.2) is 114 Å². The number of hydrogen-bond acceptors (Lipinski definition) is 13. The first kappa shape index (κ1) is 42.0. The molecule has 3 aliphatic heterocycles. The molecule has 1 aromatic rings. The van der Waals surface area contributed by atoms with E-state index in [1.54, 1.807) is 45.0 Å². The molecule has 18 heteroatoms. The Hall–Kier alpha value is -4.10. The highest BCUT2D eigenvalue weighted by Gasteiger charge is 2.78. The number of aliphatic hydroxyl groups excluding tert-OH is 1. The number of nitrogens with zero attached hydrogens (tertiary/aromatic N) is 1. The lowest BCUT2D eigenvalue weighted by Crippen LogP contribution is -2.69. The lowest BCUT2D eigenvalue weighted by atomic mass is 9.62. The molecule has 2 amide bonds. The van der Waals surface area contributed by atoms with Gasteiger partial charge in [-0.25, -0.2) is 4.79 Å². The zero-order valence-corrected chi connectivity index (χ0v) is 32.6. The molecule has 6 aliphatic rings. The number of hydrogen-bond donors (Lipinski definition) is 3. The third-order valence-corrected chi connectivity index (χ3v) is 11.4. The average molecular weight is 822 g/mol. The second-order valence-corrected chi connectivity index (χ2v) is 17.0. The van der Waals surface area contributed by atoms with E-state index in [1.165, 1.54) is 11.1 Å². The van der Waals surface area contributed by atoms with Gasteiger partial charge in [0.1, 0.15) is 35.4 Å². The fourth-order valence-corrected chi connectivity index (χ4v) is 8.59. The van der Waals surface area contributed by atoms with Crippen molar-refractivity contribution in [2.75, 3.05) is 19.8 Å². The van der Waals surface area contributed by atoms with Crippen LogP contribution in [0.4, 0.5) is 13.2 Å². The van der Waals surface area contributed by atoms with Gasteiger partial charge in [-0.3, -0.25) is 24.0 Å². The number of esters is 3. The van der Waals surface area contributed by atoms with Crippen LogP contribution in [0.25, 0.3) is 6.08 Å². The highest BCUT2D eigenvalue weighted by Crippen LogP contribution is 2.63. The van der Waals surface area contributed by atoms with Crippen molar-refractivity contribution in [3.05, 3.63) is 41.5 Å². The molecule has 7 unspecified atom stereocenters. The van der Waals surface area contributed by atoms with Crippen molar-refractivity contribution in [3.63, 3.8) is 0 Å². The van der Waals surface area contributed by atoms with Crippen LogP contribution >= 0.6 is 0 Å². The molecule has 2 bridgehead atoms. The zero-order valence-electron chi connectivity index (χ0n) is 32.6. The predicted octanol–water partition coefficient (Wildman–Crippen LogP) is 3.01. The number of nitrogens with one attached hydrogen (secondary N) is 2. The third kappa shape index (κ3) is 9.05. The molecule has 0 radical (unpaired) electrons. The fraction of sp³-hybridized carbons (Fsp3) is 0.675. The van der Waals surface area contributed by atoms with Crippen molar-refractivity contribution in [2.24, 2.45) is 17.3 Å². The molecule has 15 nitrogen and oxygen atoms in total. The van der Waals surface area contributed by atoms with Gasteiger partial charge in [0.05, 0.1) is 19.2 Å². The van der Waals surface area contributed by atoms with Crippen LogP contribution in [0.3, 0.4) is 0 Å². The van der Waals surface area contributed by atoms with Crippen LogP contribution in [0.2, 0.25) is 0 Å². The SMILES string of the molecule is CC(C)(C)OC(=O)CCC(CO)NC(=O)CCNC(=O)C12CC3OC(=O)C1N(Cc1ccc(C=CC(=O)OCC(F)(F)F)cc1)OC2C1OC(C2CC2)(C2CC2)OC31. The van der Waals surface area contributed by atoms with Crippen LogP contribution in [0.15, 0.2) is 30.3 Å². The number of carbonyl (C=O) groups excluding carboxylic acids is 5. The van der Waals surface area contributed by atoms with E-state index in [1.807, 2.05) is 0 Å². The number of rotatable bonds is 16. The number of aliphatic hydroxyl groups is 1. The summed E-state index contributed by atoms with van der Waals surface area (Å²) in [4.78, 5) is 72.0. The Morgan fingerprint density at radius 2 is 1.69 bits per heavy atom. The van der Waals surface area contributed by atoms with Gasteiger partial charge in [-0.15, -0.1) is 0 Å². The molecule has 318 valence electrons. The van der Waals surface area contributed by atoms with Crippen LogP contribution in [-0.2, 0) is 59.0 Å². The van der Waals surface area contributed by atoms with Crippen molar-refractivity contribution < 1.29 is 70.8 Å². The molecule has 3 saturated carbocycles. The molecule has 0 aromatic heterocycles.